The third-order valence-electron chi connectivity index (χ3n) is 10.5. The van der Waals surface area contributed by atoms with Crippen LogP contribution in [0.3, 0.4) is 0 Å². The quantitative estimate of drug-likeness (QED) is 0.145. The number of benzene rings is 3. The topological polar surface area (TPSA) is 12.4 Å². The molecule has 2 aliphatic carbocycles. The number of allylic oxidation sites excluding steroid dienone is 5. The first-order valence-electron chi connectivity index (χ1n) is 17.3. The maximum absolute atomic E-state index is 5.63. The summed E-state index contributed by atoms with van der Waals surface area (Å²) in [4.78, 5) is 5.63. The van der Waals surface area contributed by atoms with Crippen molar-refractivity contribution in [3.63, 3.8) is 0 Å². The van der Waals surface area contributed by atoms with Gasteiger partial charge in [-0.25, -0.2) is 0 Å². The zero-order valence-electron chi connectivity index (χ0n) is 27.4. The highest BCUT2D eigenvalue weighted by Gasteiger charge is 2.53. The van der Waals surface area contributed by atoms with Gasteiger partial charge in [-0.3, -0.25) is 4.99 Å². The number of hydrogen-bond acceptors (Lipinski definition) is 1. The Morgan fingerprint density at radius 2 is 1.32 bits per heavy atom. The summed E-state index contributed by atoms with van der Waals surface area (Å²) in [5, 5.41) is 4.33. The van der Waals surface area contributed by atoms with Crippen molar-refractivity contribution in [3.05, 3.63) is 126 Å². The molecule has 3 aliphatic rings. The standard InChI is InChI=1S/C42H51NP/c1-5-6-7-8-9-13-21-33-29-30-37(41-39(33)40-38(43-41)28-20-31-42(40,3)4)32(2)44(34-22-14-10-15-23-34,35-24-16-11-17-25-35)36-26-18-12-19-27-36/h10-12,14-19,22-27,29-30,32-33H,5-9,13,20-21,28,31H2,1-4H3/q+1. The molecule has 0 amide bonds. The van der Waals surface area contributed by atoms with E-state index in [9.17, 15) is 0 Å². The molecule has 0 radical (unpaired) electrons. The summed E-state index contributed by atoms with van der Waals surface area (Å²) in [5.74, 6) is 0.471. The molecule has 3 aromatic rings. The van der Waals surface area contributed by atoms with Crippen molar-refractivity contribution in [2.45, 2.75) is 97.6 Å². The Balaban J connectivity index is 1.51. The maximum atomic E-state index is 5.63. The van der Waals surface area contributed by atoms with Gasteiger partial charge in [0.25, 0.3) is 0 Å². The minimum Gasteiger partial charge on any atom is -0.252 e. The molecule has 0 N–H and O–H groups in total. The van der Waals surface area contributed by atoms with Gasteiger partial charge in [-0.15, -0.1) is 0 Å². The molecule has 0 bridgehead atoms. The second kappa shape index (κ2) is 13.5. The predicted molar refractivity (Wildman–Crippen MR) is 194 cm³/mol. The Morgan fingerprint density at radius 1 is 0.773 bits per heavy atom. The fourth-order valence-corrected chi connectivity index (χ4v) is 13.1. The lowest BCUT2D eigenvalue weighted by molar-refractivity contribution is 0.389. The van der Waals surface area contributed by atoms with Crippen LogP contribution in [0.4, 0.5) is 0 Å². The van der Waals surface area contributed by atoms with Crippen molar-refractivity contribution in [3.8, 4) is 0 Å². The molecule has 2 atom stereocenters. The van der Waals surface area contributed by atoms with Crippen LogP contribution in [0.5, 0.6) is 0 Å². The molecule has 1 heterocycles. The number of aliphatic imine (C=N–C) groups is 1. The average Bonchev–Trinajstić information content (AvgIpc) is 3.46. The third-order valence-corrected chi connectivity index (χ3v) is 15.3. The van der Waals surface area contributed by atoms with Crippen LogP contribution in [0.25, 0.3) is 0 Å². The van der Waals surface area contributed by atoms with Gasteiger partial charge in [0.1, 0.15) is 28.8 Å². The van der Waals surface area contributed by atoms with Crippen LogP contribution in [0, 0.1) is 11.3 Å². The minimum atomic E-state index is -2.09. The summed E-state index contributed by atoms with van der Waals surface area (Å²) >= 11 is 0. The highest BCUT2D eigenvalue weighted by Crippen LogP contribution is 2.63. The van der Waals surface area contributed by atoms with Gasteiger partial charge in [0.15, 0.2) is 0 Å². The van der Waals surface area contributed by atoms with Gasteiger partial charge in [-0.1, -0.05) is 126 Å². The molecular formula is C42H51NP+. The first-order chi connectivity index (χ1) is 21.5. The van der Waals surface area contributed by atoms with Crippen molar-refractivity contribution >= 4 is 28.9 Å². The monoisotopic (exact) mass is 600 g/mol. The van der Waals surface area contributed by atoms with Crippen LogP contribution in [0.1, 0.15) is 91.9 Å². The normalized spacial score (nSPS) is 19.9. The van der Waals surface area contributed by atoms with Crippen LogP contribution in [0.15, 0.2) is 131 Å². The summed E-state index contributed by atoms with van der Waals surface area (Å²) in [7, 11) is -2.09. The van der Waals surface area contributed by atoms with E-state index in [0.29, 0.717) is 5.92 Å². The minimum absolute atomic E-state index is 0.178. The lowest BCUT2D eigenvalue weighted by Gasteiger charge is -2.37. The second-order valence-electron chi connectivity index (χ2n) is 13.8. The summed E-state index contributed by atoms with van der Waals surface area (Å²) in [5.41, 5.74) is 7.77. The predicted octanol–water partition coefficient (Wildman–Crippen LogP) is 10.5. The molecule has 1 aliphatic heterocycles. The molecular weight excluding hydrogens is 549 g/mol. The van der Waals surface area contributed by atoms with Gasteiger partial charge < -0.3 is 0 Å². The number of hydrogen-bond donors (Lipinski definition) is 0. The Hall–Kier alpha value is -3.02. The molecule has 1 saturated carbocycles. The van der Waals surface area contributed by atoms with Gasteiger partial charge >= 0.3 is 0 Å². The zero-order valence-corrected chi connectivity index (χ0v) is 28.3. The lowest BCUT2D eigenvalue weighted by atomic mass is 9.68. The zero-order chi connectivity index (χ0) is 30.6. The maximum Gasteiger partial charge on any atom is 0.119 e. The number of rotatable bonds is 12. The smallest absolute Gasteiger partial charge is 0.119 e. The molecule has 6 rings (SSSR count). The summed E-state index contributed by atoms with van der Waals surface area (Å²) in [6.45, 7) is 9.77. The van der Waals surface area contributed by atoms with E-state index in [1.807, 2.05) is 0 Å². The Bertz CT molecular complexity index is 1440. The van der Waals surface area contributed by atoms with E-state index < -0.39 is 7.26 Å². The molecule has 2 unspecified atom stereocenters. The fourth-order valence-electron chi connectivity index (χ4n) is 8.30. The largest absolute Gasteiger partial charge is 0.252 e. The number of nitrogens with zero attached hydrogens (tertiary/aromatic N) is 1. The van der Waals surface area contributed by atoms with Crippen LogP contribution in [0.2, 0.25) is 0 Å². The van der Waals surface area contributed by atoms with Crippen molar-refractivity contribution in [1.82, 2.24) is 0 Å². The van der Waals surface area contributed by atoms with Crippen molar-refractivity contribution in [2.75, 3.05) is 0 Å². The number of fused-ring (bicyclic) bond motifs is 2. The van der Waals surface area contributed by atoms with Gasteiger partial charge in [0, 0.05) is 17.2 Å². The van der Waals surface area contributed by atoms with E-state index >= 15 is 0 Å². The molecule has 3 aromatic carbocycles. The molecule has 44 heavy (non-hydrogen) atoms. The van der Waals surface area contributed by atoms with E-state index in [2.05, 4.69) is 131 Å². The van der Waals surface area contributed by atoms with E-state index in [1.165, 1.54) is 90.7 Å². The van der Waals surface area contributed by atoms with Crippen molar-refractivity contribution in [2.24, 2.45) is 16.3 Å². The average molecular weight is 601 g/mol. The lowest BCUT2D eigenvalue weighted by Crippen LogP contribution is -2.39. The fraction of sp³-hybridized carbons (Fsp3) is 0.405. The molecule has 2 heteroatoms. The first-order valence-corrected chi connectivity index (χ1v) is 19.1. The van der Waals surface area contributed by atoms with Gasteiger partial charge in [0.05, 0.1) is 5.70 Å². The SMILES string of the molecule is CCCCCCCCC1C=CC(C(C)[P+](c2ccccc2)(c2ccccc2)c2ccccc2)=C2N=C3CCCC(C)(C)C3=C21. The molecule has 0 aromatic heterocycles. The van der Waals surface area contributed by atoms with Crippen LogP contribution < -0.4 is 15.9 Å². The highest BCUT2D eigenvalue weighted by molar-refractivity contribution is 7.96. The Labute approximate surface area is 267 Å². The molecule has 1 fully saturated rings. The second-order valence-corrected chi connectivity index (χ2v) is 17.6. The van der Waals surface area contributed by atoms with Gasteiger partial charge in [-0.2, -0.15) is 0 Å². The van der Waals surface area contributed by atoms with E-state index in [1.54, 1.807) is 11.1 Å². The molecule has 1 nitrogen and oxygen atoms in total. The summed E-state index contributed by atoms with van der Waals surface area (Å²) in [6, 6.07) is 34.1. The number of unbranched alkanes of at least 4 members (excludes halogenated alkanes) is 5. The molecule has 228 valence electrons. The van der Waals surface area contributed by atoms with Crippen LogP contribution in [-0.4, -0.2) is 11.4 Å². The third kappa shape index (κ3) is 5.74. The van der Waals surface area contributed by atoms with Gasteiger partial charge in [0.2, 0.25) is 0 Å². The van der Waals surface area contributed by atoms with Crippen LogP contribution in [-0.2, 0) is 0 Å². The van der Waals surface area contributed by atoms with Crippen LogP contribution >= 0.6 is 7.26 Å². The Kier molecular flexibility index (Phi) is 9.53. The Morgan fingerprint density at radius 3 is 1.89 bits per heavy atom. The first kappa shape index (κ1) is 31.0. The molecule has 0 spiro atoms. The van der Waals surface area contributed by atoms with E-state index in [0.717, 1.165) is 6.42 Å². The van der Waals surface area contributed by atoms with Crippen molar-refractivity contribution in [1.29, 1.82) is 0 Å². The van der Waals surface area contributed by atoms with E-state index in [-0.39, 0.29) is 11.1 Å². The van der Waals surface area contributed by atoms with Crippen molar-refractivity contribution < 1.29 is 0 Å². The summed E-state index contributed by atoms with van der Waals surface area (Å²) < 4.78 is 0. The highest BCUT2D eigenvalue weighted by atomic mass is 31.2. The summed E-state index contributed by atoms with van der Waals surface area (Å²) in [6.07, 6.45) is 18.0. The van der Waals surface area contributed by atoms with E-state index in [4.69, 9.17) is 4.99 Å². The molecule has 0 saturated heterocycles. The van der Waals surface area contributed by atoms with Gasteiger partial charge in [-0.05, 0) is 85.6 Å².